The molecule has 1 aromatic heterocycles. The van der Waals surface area contributed by atoms with Crippen molar-refractivity contribution in [2.75, 3.05) is 17.7 Å². The number of methoxy groups -OCH3 is 1. The van der Waals surface area contributed by atoms with Crippen molar-refractivity contribution < 1.29 is 18.7 Å². The summed E-state index contributed by atoms with van der Waals surface area (Å²) in [6, 6.07) is 9.75. The summed E-state index contributed by atoms with van der Waals surface area (Å²) in [5.74, 6) is -0.278. The van der Waals surface area contributed by atoms with Gasteiger partial charge in [0, 0.05) is 23.7 Å². The molecule has 3 aromatic rings. The predicted molar refractivity (Wildman–Crippen MR) is 94.3 cm³/mol. The van der Waals surface area contributed by atoms with Crippen LogP contribution in [0.1, 0.15) is 17.3 Å². The molecule has 2 aromatic carbocycles. The number of oxazole rings is 1. The fraction of sp³-hybridized carbons (Fsp3) is 0.118. The molecular weight excluding hydrogens is 346 g/mol. The number of hydrogen-bond donors (Lipinski definition) is 2. The molecule has 8 heteroatoms. The molecular formula is C17H14ClN3O4. The first-order chi connectivity index (χ1) is 12.0. The number of fused-ring (bicyclic) bond motifs is 1. The van der Waals surface area contributed by atoms with Crippen molar-refractivity contribution in [1.82, 2.24) is 4.98 Å². The first kappa shape index (κ1) is 16.8. The van der Waals surface area contributed by atoms with Gasteiger partial charge in [-0.05, 0) is 30.3 Å². The number of benzene rings is 2. The van der Waals surface area contributed by atoms with Crippen LogP contribution >= 0.6 is 11.6 Å². The van der Waals surface area contributed by atoms with Crippen LogP contribution in [0.25, 0.3) is 11.1 Å². The van der Waals surface area contributed by atoms with Gasteiger partial charge in [0.2, 0.25) is 5.91 Å². The summed E-state index contributed by atoms with van der Waals surface area (Å²) in [5, 5.41) is 5.62. The minimum atomic E-state index is -0.465. The second-order valence-electron chi connectivity index (χ2n) is 5.18. The van der Waals surface area contributed by atoms with Gasteiger partial charge in [0.25, 0.3) is 5.91 Å². The van der Waals surface area contributed by atoms with E-state index >= 15 is 0 Å². The molecule has 2 amide bonds. The number of hydrogen-bond acceptors (Lipinski definition) is 5. The van der Waals surface area contributed by atoms with Gasteiger partial charge in [-0.15, -0.1) is 0 Å². The van der Waals surface area contributed by atoms with Gasteiger partial charge < -0.3 is 14.5 Å². The number of halogens is 1. The van der Waals surface area contributed by atoms with Gasteiger partial charge in [-0.25, -0.2) is 0 Å². The molecule has 2 N–H and O–H groups in total. The summed E-state index contributed by atoms with van der Waals surface area (Å²) < 4.78 is 10.7. The van der Waals surface area contributed by atoms with E-state index in [4.69, 9.17) is 20.8 Å². The lowest BCUT2D eigenvalue weighted by Crippen LogP contribution is -2.13. The summed E-state index contributed by atoms with van der Waals surface area (Å²) in [6.07, 6.45) is 0. The van der Waals surface area contributed by atoms with E-state index in [0.29, 0.717) is 27.6 Å². The first-order valence-corrected chi connectivity index (χ1v) is 7.67. The Hall–Kier alpha value is -3.06. The van der Waals surface area contributed by atoms with Crippen molar-refractivity contribution in [2.45, 2.75) is 6.92 Å². The van der Waals surface area contributed by atoms with Crippen LogP contribution in [0.15, 0.2) is 40.8 Å². The van der Waals surface area contributed by atoms with Gasteiger partial charge in [-0.2, -0.15) is 4.98 Å². The third kappa shape index (κ3) is 3.72. The van der Waals surface area contributed by atoms with E-state index in [1.54, 1.807) is 30.3 Å². The molecule has 0 atom stereocenters. The molecule has 1 heterocycles. The predicted octanol–water partition coefficient (Wildman–Crippen LogP) is 3.70. The van der Waals surface area contributed by atoms with Crippen LogP contribution < -0.4 is 15.4 Å². The van der Waals surface area contributed by atoms with Crippen molar-refractivity contribution in [2.24, 2.45) is 0 Å². The fourth-order valence-electron chi connectivity index (χ4n) is 2.28. The molecule has 7 nitrogen and oxygen atoms in total. The van der Waals surface area contributed by atoms with Gasteiger partial charge in [0.15, 0.2) is 5.58 Å². The highest BCUT2D eigenvalue weighted by Gasteiger charge is 2.16. The van der Waals surface area contributed by atoms with Crippen molar-refractivity contribution >= 4 is 46.2 Å². The minimum absolute atomic E-state index is 0.0296. The lowest BCUT2D eigenvalue weighted by Gasteiger charge is -2.07. The van der Waals surface area contributed by atoms with Crippen molar-refractivity contribution in [3.8, 4) is 5.75 Å². The molecule has 0 fully saturated rings. The second kappa shape index (κ2) is 6.82. The molecule has 0 saturated heterocycles. The van der Waals surface area contributed by atoms with E-state index in [0.717, 1.165) is 0 Å². The van der Waals surface area contributed by atoms with Crippen molar-refractivity contribution in [3.05, 3.63) is 47.0 Å². The summed E-state index contributed by atoms with van der Waals surface area (Å²) in [4.78, 5) is 27.7. The van der Waals surface area contributed by atoms with E-state index in [9.17, 15) is 9.59 Å². The molecule has 0 aliphatic carbocycles. The van der Waals surface area contributed by atoms with E-state index in [-0.39, 0.29) is 17.5 Å². The monoisotopic (exact) mass is 359 g/mol. The maximum atomic E-state index is 12.4. The zero-order chi connectivity index (χ0) is 18.0. The van der Waals surface area contributed by atoms with E-state index in [2.05, 4.69) is 15.6 Å². The average Bonchev–Trinajstić information content (AvgIpc) is 2.95. The summed E-state index contributed by atoms with van der Waals surface area (Å²) in [7, 11) is 1.46. The summed E-state index contributed by atoms with van der Waals surface area (Å²) in [6.45, 7) is 1.41. The quantitative estimate of drug-likeness (QED) is 0.740. The van der Waals surface area contributed by atoms with Gasteiger partial charge in [0.05, 0.1) is 12.7 Å². The normalized spacial score (nSPS) is 10.5. The number of nitrogens with zero attached hydrogens (tertiary/aromatic N) is 1. The van der Waals surface area contributed by atoms with Crippen molar-refractivity contribution in [3.63, 3.8) is 0 Å². The topological polar surface area (TPSA) is 93.5 Å². The number of carbonyl (C=O) groups excluding carboxylic acids is 2. The molecule has 0 unspecified atom stereocenters. The summed E-state index contributed by atoms with van der Waals surface area (Å²) >= 11 is 5.93. The number of rotatable bonds is 4. The van der Waals surface area contributed by atoms with Crippen molar-refractivity contribution in [1.29, 1.82) is 0 Å². The van der Waals surface area contributed by atoms with Crippen LogP contribution in [-0.2, 0) is 4.79 Å². The molecule has 0 spiro atoms. The number of aromatic nitrogens is 1. The Morgan fingerprint density at radius 3 is 2.68 bits per heavy atom. The molecule has 0 radical (unpaired) electrons. The van der Waals surface area contributed by atoms with Crippen LogP contribution in [0.2, 0.25) is 5.02 Å². The molecule has 128 valence electrons. The number of ether oxygens (including phenoxy) is 1. The number of anilines is 2. The molecule has 0 aliphatic rings. The lowest BCUT2D eigenvalue weighted by molar-refractivity contribution is -0.114. The Labute approximate surface area is 147 Å². The average molecular weight is 360 g/mol. The molecule has 0 saturated carbocycles. The van der Waals surface area contributed by atoms with Gasteiger partial charge >= 0.3 is 6.01 Å². The van der Waals surface area contributed by atoms with E-state index in [1.807, 2.05) is 0 Å². The van der Waals surface area contributed by atoms with E-state index in [1.165, 1.54) is 20.1 Å². The number of nitrogens with one attached hydrogen (secondary N) is 2. The maximum absolute atomic E-state index is 12.4. The van der Waals surface area contributed by atoms with Crippen LogP contribution in [0, 0.1) is 0 Å². The Bertz CT molecular complexity index is 968. The Morgan fingerprint density at radius 1 is 1.16 bits per heavy atom. The Morgan fingerprint density at radius 2 is 1.96 bits per heavy atom. The van der Waals surface area contributed by atoms with Crippen LogP contribution in [0.3, 0.4) is 0 Å². The largest absolute Gasteiger partial charge is 0.496 e. The smallest absolute Gasteiger partial charge is 0.302 e. The third-order valence-corrected chi connectivity index (χ3v) is 3.57. The van der Waals surface area contributed by atoms with Gasteiger partial charge in [-0.1, -0.05) is 11.6 Å². The van der Waals surface area contributed by atoms with Gasteiger partial charge in [0.1, 0.15) is 11.3 Å². The third-order valence-electron chi connectivity index (χ3n) is 3.34. The summed E-state index contributed by atoms with van der Waals surface area (Å²) in [5.41, 5.74) is 1.81. The zero-order valence-electron chi connectivity index (χ0n) is 13.4. The minimum Gasteiger partial charge on any atom is -0.496 e. The highest BCUT2D eigenvalue weighted by molar-refractivity contribution is 6.31. The van der Waals surface area contributed by atoms with Crippen LogP contribution in [0.5, 0.6) is 5.75 Å². The standard InChI is InChI=1S/C17H14ClN3O4/c1-9(22)19-11-4-5-13-15(8-11)25-17(20-13)21-16(23)12-7-10(18)3-6-14(12)24-2/h3-8H,1-2H3,(H,19,22)(H,20,21,23). The number of amides is 2. The fourth-order valence-corrected chi connectivity index (χ4v) is 2.45. The molecule has 25 heavy (non-hydrogen) atoms. The highest BCUT2D eigenvalue weighted by Crippen LogP contribution is 2.26. The maximum Gasteiger partial charge on any atom is 0.302 e. The molecule has 0 bridgehead atoms. The molecule has 0 aliphatic heterocycles. The van der Waals surface area contributed by atoms with Gasteiger partial charge in [-0.3, -0.25) is 14.9 Å². The Kier molecular flexibility index (Phi) is 4.58. The zero-order valence-corrected chi connectivity index (χ0v) is 14.2. The SMILES string of the molecule is COc1ccc(Cl)cc1C(=O)Nc1nc2ccc(NC(C)=O)cc2o1. The molecule has 3 rings (SSSR count). The second-order valence-corrected chi connectivity index (χ2v) is 5.62. The first-order valence-electron chi connectivity index (χ1n) is 7.29. The highest BCUT2D eigenvalue weighted by atomic mass is 35.5. The van der Waals surface area contributed by atoms with E-state index < -0.39 is 5.91 Å². The Balaban J connectivity index is 1.86. The lowest BCUT2D eigenvalue weighted by atomic mass is 10.2. The van der Waals surface area contributed by atoms with Crippen LogP contribution in [0.4, 0.5) is 11.7 Å². The van der Waals surface area contributed by atoms with Crippen LogP contribution in [-0.4, -0.2) is 23.9 Å². The number of carbonyl (C=O) groups is 2.